The van der Waals surface area contributed by atoms with Crippen molar-refractivity contribution in [2.75, 3.05) is 11.9 Å². The van der Waals surface area contributed by atoms with Gasteiger partial charge in [0.1, 0.15) is 12.1 Å². The van der Waals surface area contributed by atoms with Gasteiger partial charge in [0.05, 0.1) is 6.61 Å². The van der Waals surface area contributed by atoms with Crippen LogP contribution < -0.4 is 15.8 Å². The number of ether oxygens (including phenoxy) is 1. The maximum Gasteiger partial charge on any atom is 0.218 e. The second kappa shape index (κ2) is 6.70. The molecule has 0 aliphatic heterocycles. The van der Waals surface area contributed by atoms with E-state index in [1.807, 2.05) is 25.1 Å². The van der Waals surface area contributed by atoms with Crippen molar-refractivity contribution in [1.29, 1.82) is 0 Å². The molecule has 0 saturated carbocycles. The van der Waals surface area contributed by atoms with E-state index >= 15 is 0 Å². The van der Waals surface area contributed by atoms with Crippen molar-refractivity contribution in [3.63, 3.8) is 0 Å². The molecular formula is C14H18N4O. The predicted octanol–water partition coefficient (Wildman–Crippen LogP) is 1.95. The number of aromatic nitrogens is 2. The monoisotopic (exact) mass is 258 g/mol. The number of anilines is 1. The lowest BCUT2D eigenvalue weighted by molar-refractivity contribution is 0.326. The summed E-state index contributed by atoms with van der Waals surface area (Å²) in [6.07, 6.45) is 1.49. The number of benzene rings is 1. The largest absolute Gasteiger partial charge is 0.478 e. The van der Waals surface area contributed by atoms with Gasteiger partial charge in [-0.3, -0.25) is 0 Å². The lowest BCUT2D eigenvalue weighted by Crippen LogP contribution is -2.07. The van der Waals surface area contributed by atoms with E-state index in [2.05, 4.69) is 21.4 Å². The van der Waals surface area contributed by atoms with Gasteiger partial charge in [0, 0.05) is 19.2 Å². The summed E-state index contributed by atoms with van der Waals surface area (Å²) >= 11 is 0. The Balaban J connectivity index is 2.03. The van der Waals surface area contributed by atoms with Gasteiger partial charge in [-0.05, 0) is 18.1 Å². The zero-order chi connectivity index (χ0) is 13.5. The summed E-state index contributed by atoms with van der Waals surface area (Å²) in [4.78, 5) is 8.18. The van der Waals surface area contributed by atoms with E-state index in [1.54, 1.807) is 6.07 Å². The fraction of sp³-hybridized carbons (Fsp3) is 0.286. The fourth-order valence-corrected chi connectivity index (χ4v) is 1.78. The number of nitrogens with two attached hydrogens (primary N) is 1. The Morgan fingerprint density at radius 3 is 2.74 bits per heavy atom. The van der Waals surface area contributed by atoms with Crippen molar-refractivity contribution in [2.24, 2.45) is 5.73 Å². The van der Waals surface area contributed by atoms with Gasteiger partial charge in [-0.1, -0.05) is 24.3 Å². The average Bonchev–Trinajstić information content (AvgIpc) is 2.46. The smallest absolute Gasteiger partial charge is 0.218 e. The van der Waals surface area contributed by atoms with E-state index < -0.39 is 0 Å². The molecule has 0 amide bonds. The Morgan fingerprint density at radius 1 is 1.21 bits per heavy atom. The molecule has 0 radical (unpaired) electrons. The molecule has 0 bridgehead atoms. The molecule has 100 valence electrons. The molecule has 1 aromatic heterocycles. The van der Waals surface area contributed by atoms with Crippen LogP contribution in [0.1, 0.15) is 18.1 Å². The van der Waals surface area contributed by atoms with Crippen molar-refractivity contribution in [1.82, 2.24) is 9.97 Å². The van der Waals surface area contributed by atoms with Crippen molar-refractivity contribution in [3.05, 3.63) is 47.8 Å². The van der Waals surface area contributed by atoms with E-state index in [0.29, 0.717) is 25.6 Å². The van der Waals surface area contributed by atoms with E-state index in [1.165, 1.54) is 11.9 Å². The van der Waals surface area contributed by atoms with E-state index in [4.69, 9.17) is 10.5 Å². The molecule has 3 N–H and O–H groups in total. The van der Waals surface area contributed by atoms with Crippen LogP contribution in [0.4, 0.5) is 5.82 Å². The molecule has 0 fully saturated rings. The highest BCUT2D eigenvalue weighted by molar-refractivity contribution is 5.39. The van der Waals surface area contributed by atoms with Crippen LogP contribution in [0.25, 0.3) is 0 Å². The summed E-state index contributed by atoms with van der Waals surface area (Å²) < 4.78 is 5.33. The van der Waals surface area contributed by atoms with E-state index in [0.717, 1.165) is 11.4 Å². The summed E-state index contributed by atoms with van der Waals surface area (Å²) in [6, 6.07) is 9.86. The van der Waals surface area contributed by atoms with Crippen LogP contribution in [0.3, 0.4) is 0 Å². The fourth-order valence-electron chi connectivity index (χ4n) is 1.78. The standard InChI is InChI=1S/C14H18N4O/c1-2-19-14-7-13(17-10-18-14)16-9-12-6-4-3-5-11(12)8-15/h3-7,10H,2,8-9,15H2,1H3,(H,16,17,18). The molecule has 0 atom stereocenters. The number of nitrogens with one attached hydrogen (secondary N) is 1. The summed E-state index contributed by atoms with van der Waals surface area (Å²) in [5.74, 6) is 1.32. The Labute approximate surface area is 112 Å². The highest BCUT2D eigenvalue weighted by atomic mass is 16.5. The van der Waals surface area contributed by atoms with Gasteiger partial charge in [-0.25, -0.2) is 9.97 Å². The Morgan fingerprint density at radius 2 is 2.00 bits per heavy atom. The van der Waals surface area contributed by atoms with Crippen LogP contribution in [-0.4, -0.2) is 16.6 Å². The lowest BCUT2D eigenvalue weighted by Gasteiger charge is -2.10. The third-order valence-corrected chi connectivity index (χ3v) is 2.73. The molecule has 2 aromatic rings. The molecule has 0 aliphatic rings. The number of rotatable bonds is 6. The topological polar surface area (TPSA) is 73.1 Å². The van der Waals surface area contributed by atoms with Crippen LogP contribution in [-0.2, 0) is 13.1 Å². The van der Waals surface area contributed by atoms with Gasteiger partial charge in [0.15, 0.2) is 0 Å². The number of hydrogen-bond acceptors (Lipinski definition) is 5. The summed E-state index contributed by atoms with van der Waals surface area (Å²) in [5.41, 5.74) is 8.01. The van der Waals surface area contributed by atoms with Crippen LogP contribution in [0.2, 0.25) is 0 Å². The molecular weight excluding hydrogens is 240 g/mol. The minimum absolute atomic E-state index is 0.534. The highest BCUT2D eigenvalue weighted by Gasteiger charge is 2.02. The molecule has 5 heteroatoms. The molecule has 0 saturated heterocycles. The minimum atomic E-state index is 0.534. The quantitative estimate of drug-likeness (QED) is 0.828. The first-order valence-electron chi connectivity index (χ1n) is 6.29. The lowest BCUT2D eigenvalue weighted by atomic mass is 10.1. The Kier molecular flexibility index (Phi) is 4.69. The van der Waals surface area contributed by atoms with E-state index in [-0.39, 0.29) is 0 Å². The second-order valence-electron chi connectivity index (χ2n) is 4.00. The number of hydrogen-bond donors (Lipinski definition) is 2. The molecule has 2 rings (SSSR count). The van der Waals surface area contributed by atoms with Crippen LogP contribution in [0.15, 0.2) is 36.7 Å². The minimum Gasteiger partial charge on any atom is -0.478 e. The molecule has 19 heavy (non-hydrogen) atoms. The summed E-state index contributed by atoms with van der Waals surface area (Å²) in [5, 5.41) is 3.25. The van der Waals surface area contributed by atoms with Gasteiger partial charge in [-0.15, -0.1) is 0 Å². The second-order valence-corrected chi connectivity index (χ2v) is 4.00. The third kappa shape index (κ3) is 3.66. The highest BCUT2D eigenvalue weighted by Crippen LogP contribution is 2.14. The van der Waals surface area contributed by atoms with Gasteiger partial charge in [0.2, 0.25) is 5.88 Å². The first kappa shape index (κ1) is 13.3. The van der Waals surface area contributed by atoms with Crippen molar-refractivity contribution in [3.8, 4) is 5.88 Å². The molecule has 5 nitrogen and oxygen atoms in total. The zero-order valence-corrected chi connectivity index (χ0v) is 11.0. The molecule has 0 unspecified atom stereocenters. The predicted molar refractivity (Wildman–Crippen MR) is 74.9 cm³/mol. The van der Waals surface area contributed by atoms with Gasteiger partial charge in [0.25, 0.3) is 0 Å². The summed E-state index contributed by atoms with van der Waals surface area (Å²) in [7, 11) is 0. The van der Waals surface area contributed by atoms with Crippen LogP contribution >= 0.6 is 0 Å². The molecule has 1 aromatic carbocycles. The average molecular weight is 258 g/mol. The molecule has 0 aliphatic carbocycles. The van der Waals surface area contributed by atoms with Gasteiger partial charge >= 0.3 is 0 Å². The number of nitrogens with zero attached hydrogens (tertiary/aromatic N) is 2. The summed E-state index contributed by atoms with van der Waals surface area (Å²) in [6.45, 7) is 3.72. The normalized spacial score (nSPS) is 10.2. The molecule has 1 heterocycles. The maximum atomic E-state index is 5.71. The van der Waals surface area contributed by atoms with Crippen LogP contribution in [0, 0.1) is 0 Å². The van der Waals surface area contributed by atoms with E-state index in [9.17, 15) is 0 Å². The first-order chi connectivity index (χ1) is 9.33. The van der Waals surface area contributed by atoms with Crippen molar-refractivity contribution >= 4 is 5.82 Å². The first-order valence-corrected chi connectivity index (χ1v) is 6.29. The van der Waals surface area contributed by atoms with Gasteiger partial charge in [-0.2, -0.15) is 0 Å². The Hall–Kier alpha value is -2.14. The third-order valence-electron chi connectivity index (χ3n) is 2.73. The SMILES string of the molecule is CCOc1cc(NCc2ccccc2CN)ncn1. The Bertz CT molecular complexity index is 530. The zero-order valence-electron chi connectivity index (χ0n) is 11.0. The molecule has 0 spiro atoms. The van der Waals surface area contributed by atoms with Gasteiger partial charge < -0.3 is 15.8 Å². The van der Waals surface area contributed by atoms with Crippen molar-refractivity contribution < 1.29 is 4.74 Å². The maximum absolute atomic E-state index is 5.71. The van der Waals surface area contributed by atoms with Crippen LogP contribution in [0.5, 0.6) is 5.88 Å². The van der Waals surface area contributed by atoms with Crippen molar-refractivity contribution in [2.45, 2.75) is 20.0 Å².